The molecule has 0 aromatic carbocycles. The van der Waals surface area contributed by atoms with E-state index in [2.05, 4.69) is 10.7 Å². The number of amides is 4. The van der Waals surface area contributed by atoms with Gasteiger partial charge in [0, 0.05) is 32.5 Å². The number of hydrazine groups is 1. The molecule has 0 radical (unpaired) electrons. The average Bonchev–Trinajstić information content (AvgIpc) is 2.81. The van der Waals surface area contributed by atoms with Gasteiger partial charge in [-0.3, -0.25) is 29.4 Å². The SMILES string of the molecule is CC.CCCCC(CC)C(=O)NC(C(=O)C(=O)NN(C(C)=O)C(=O)CC)C1CCOCC1. The molecule has 1 aliphatic heterocycles. The third-order valence-electron chi connectivity index (χ3n) is 5.39. The fraction of sp³-hybridized carbons (Fsp3) is 0.783. The van der Waals surface area contributed by atoms with Crippen molar-refractivity contribution < 1.29 is 28.7 Å². The summed E-state index contributed by atoms with van der Waals surface area (Å²) in [5.41, 5.74) is 2.10. The van der Waals surface area contributed by atoms with E-state index < -0.39 is 29.5 Å². The lowest BCUT2D eigenvalue weighted by Gasteiger charge is -2.31. The van der Waals surface area contributed by atoms with Crippen LogP contribution >= 0.6 is 0 Å². The van der Waals surface area contributed by atoms with Crippen LogP contribution < -0.4 is 10.7 Å². The monoisotopic (exact) mass is 455 g/mol. The molecule has 0 saturated carbocycles. The molecule has 4 amide bonds. The van der Waals surface area contributed by atoms with Crippen LogP contribution in [0.15, 0.2) is 0 Å². The van der Waals surface area contributed by atoms with Gasteiger partial charge in [0.2, 0.25) is 23.5 Å². The second-order valence-corrected chi connectivity index (χ2v) is 7.59. The molecule has 0 bridgehead atoms. The summed E-state index contributed by atoms with van der Waals surface area (Å²) < 4.78 is 5.34. The lowest BCUT2D eigenvalue weighted by Crippen LogP contribution is -2.57. The van der Waals surface area contributed by atoms with Gasteiger partial charge in [-0.25, -0.2) is 0 Å². The van der Waals surface area contributed by atoms with Crippen LogP contribution in [0.25, 0.3) is 0 Å². The van der Waals surface area contributed by atoms with Crippen LogP contribution in [0.4, 0.5) is 0 Å². The number of unbranched alkanes of at least 4 members (excludes halogenated alkanes) is 1. The van der Waals surface area contributed by atoms with Crippen molar-refractivity contribution in [3.8, 4) is 0 Å². The fourth-order valence-corrected chi connectivity index (χ4v) is 3.46. The van der Waals surface area contributed by atoms with E-state index in [-0.39, 0.29) is 24.2 Å². The molecular formula is C23H41N3O6. The first-order valence-electron chi connectivity index (χ1n) is 11.8. The van der Waals surface area contributed by atoms with Crippen molar-refractivity contribution in [1.29, 1.82) is 0 Å². The van der Waals surface area contributed by atoms with E-state index in [1.54, 1.807) is 6.92 Å². The number of imide groups is 1. The molecule has 9 nitrogen and oxygen atoms in total. The van der Waals surface area contributed by atoms with Gasteiger partial charge in [0.1, 0.15) is 6.04 Å². The maximum atomic E-state index is 13.0. The zero-order valence-corrected chi connectivity index (χ0v) is 20.5. The highest BCUT2D eigenvalue weighted by Gasteiger charge is 2.37. The Hall–Kier alpha value is -2.29. The number of ether oxygens (including phenoxy) is 1. The number of rotatable bonds is 10. The zero-order chi connectivity index (χ0) is 24.7. The normalized spacial score (nSPS) is 15.4. The number of hydrogen-bond acceptors (Lipinski definition) is 6. The Balaban J connectivity index is 0.00000466. The van der Waals surface area contributed by atoms with Gasteiger partial charge >= 0.3 is 5.91 Å². The molecule has 2 N–H and O–H groups in total. The summed E-state index contributed by atoms with van der Waals surface area (Å²) in [7, 11) is 0. The summed E-state index contributed by atoms with van der Waals surface area (Å²) in [5, 5.41) is 3.32. The first kappa shape index (κ1) is 29.7. The van der Waals surface area contributed by atoms with Gasteiger partial charge < -0.3 is 10.1 Å². The van der Waals surface area contributed by atoms with Gasteiger partial charge in [0.25, 0.3) is 0 Å². The lowest BCUT2D eigenvalue weighted by molar-refractivity contribution is -0.155. The Bertz CT molecular complexity index is 631. The van der Waals surface area contributed by atoms with E-state index in [1.165, 1.54) is 0 Å². The minimum atomic E-state index is -1.09. The topological polar surface area (TPSA) is 122 Å². The second-order valence-electron chi connectivity index (χ2n) is 7.59. The Morgan fingerprint density at radius 1 is 1.03 bits per heavy atom. The highest BCUT2D eigenvalue weighted by Crippen LogP contribution is 2.21. The van der Waals surface area contributed by atoms with Gasteiger partial charge in [-0.15, -0.1) is 0 Å². The summed E-state index contributed by atoms with van der Waals surface area (Å²) in [4.78, 5) is 61.9. The van der Waals surface area contributed by atoms with Gasteiger partial charge in [-0.1, -0.05) is 47.5 Å². The zero-order valence-electron chi connectivity index (χ0n) is 20.5. The molecule has 1 saturated heterocycles. The van der Waals surface area contributed by atoms with E-state index in [0.29, 0.717) is 43.9 Å². The second kappa shape index (κ2) is 16.4. The molecule has 0 aromatic rings. The van der Waals surface area contributed by atoms with Crippen LogP contribution in [0.3, 0.4) is 0 Å². The molecule has 0 spiro atoms. The molecule has 1 aliphatic rings. The predicted molar refractivity (Wildman–Crippen MR) is 121 cm³/mol. The van der Waals surface area contributed by atoms with Crippen LogP contribution in [0.1, 0.15) is 86.5 Å². The number of nitrogens with one attached hydrogen (secondary N) is 2. The van der Waals surface area contributed by atoms with Crippen molar-refractivity contribution in [2.75, 3.05) is 13.2 Å². The minimum absolute atomic E-state index is 0.0101. The van der Waals surface area contributed by atoms with Crippen molar-refractivity contribution in [2.24, 2.45) is 11.8 Å². The largest absolute Gasteiger partial charge is 0.381 e. The van der Waals surface area contributed by atoms with Crippen molar-refractivity contribution >= 4 is 29.4 Å². The predicted octanol–water partition coefficient (Wildman–Crippen LogP) is 2.53. The molecule has 1 rings (SSSR count). The van der Waals surface area contributed by atoms with Gasteiger partial charge in [0.15, 0.2) is 0 Å². The van der Waals surface area contributed by atoms with Crippen LogP contribution in [0.2, 0.25) is 0 Å². The Kier molecular flexibility index (Phi) is 15.2. The van der Waals surface area contributed by atoms with Gasteiger partial charge in [0.05, 0.1) is 0 Å². The third-order valence-corrected chi connectivity index (χ3v) is 5.39. The molecule has 32 heavy (non-hydrogen) atoms. The highest BCUT2D eigenvalue weighted by molar-refractivity contribution is 6.38. The van der Waals surface area contributed by atoms with Gasteiger partial charge in [-0.2, -0.15) is 5.01 Å². The van der Waals surface area contributed by atoms with Crippen molar-refractivity contribution in [3.63, 3.8) is 0 Å². The number of hydrogen-bond donors (Lipinski definition) is 2. The van der Waals surface area contributed by atoms with Gasteiger partial charge in [-0.05, 0) is 31.6 Å². The van der Waals surface area contributed by atoms with E-state index >= 15 is 0 Å². The summed E-state index contributed by atoms with van der Waals surface area (Å²) in [6.45, 7) is 11.5. The fourth-order valence-electron chi connectivity index (χ4n) is 3.46. The number of Topliss-reactive ketones (excluding diaryl/α,β-unsaturated/α-hetero) is 1. The van der Waals surface area contributed by atoms with E-state index in [1.807, 2.05) is 27.7 Å². The molecular weight excluding hydrogens is 414 g/mol. The van der Waals surface area contributed by atoms with Crippen molar-refractivity contribution in [1.82, 2.24) is 15.8 Å². The van der Waals surface area contributed by atoms with Crippen molar-refractivity contribution in [2.45, 2.75) is 92.5 Å². The van der Waals surface area contributed by atoms with Crippen LogP contribution in [0, 0.1) is 11.8 Å². The molecule has 0 aliphatic carbocycles. The minimum Gasteiger partial charge on any atom is -0.381 e. The summed E-state index contributed by atoms with van der Waals surface area (Å²) >= 11 is 0. The first-order valence-corrected chi connectivity index (χ1v) is 11.8. The molecule has 1 fully saturated rings. The third kappa shape index (κ3) is 9.46. The van der Waals surface area contributed by atoms with E-state index in [9.17, 15) is 24.0 Å². The van der Waals surface area contributed by atoms with Crippen LogP contribution in [0.5, 0.6) is 0 Å². The smallest absolute Gasteiger partial charge is 0.308 e. The standard InChI is InChI=1S/C21H35N3O6.C2H6/c1-5-8-9-15(6-2)20(28)22-18(16-10-12-30-13-11-16)19(27)21(29)23-24(14(4)25)17(26)7-3;1-2/h15-16,18H,5-13H2,1-4H3,(H,22,28)(H,23,29);1-2H3. The summed E-state index contributed by atoms with van der Waals surface area (Å²) in [6, 6.07) is -1.03. The maximum absolute atomic E-state index is 13.0. The van der Waals surface area contributed by atoms with Crippen LogP contribution in [-0.2, 0) is 28.7 Å². The highest BCUT2D eigenvalue weighted by atomic mass is 16.5. The van der Waals surface area contributed by atoms with Crippen LogP contribution in [-0.4, -0.2) is 53.7 Å². The number of ketones is 1. The Labute approximate surface area is 192 Å². The van der Waals surface area contributed by atoms with E-state index in [0.717, 1.165) is 19.8 Å². The number of carbonyl (C=O) groups excluding carboxylic acids is 5. The Morgan fingerprint density at radius 2 is 1.62 bits per heavy atom. The first-order chi connectivity index (χ1) is 15.3. The lowest BCUT2D eigenvalue weighted by atomic mass is 9.87. The van der Waals surface area contributed by atoms with Crippen molar-refractivity contribution in [3.05, 3.63) is 0 Å². The summed E-state index contributed by atoms with van der Waals surface area (Å²) in [5.74, 6) is -4.02. The van der Waals surface area contributed by atoms with E-state index in [4.69, 9.17) is 4.74 Å². The molecule has 2 atom stereocenters. The Morgan fingerprint density at radius 3 is 2.09 bits per heavy atom. The maximum Gasteiger partial charge on any atom is 0.308 e. The number of nitrogens with zero attached hydrogens (tertiary/aromatic N) is 1. The molecule has 184 valence electrons. The molecule has 1 heterocycles. The molecule has 2 unspecified atom stereocenters. The average molecular weight is 456 g/mol. The molecule has 0 aromatic heterocycles. The number of carbonyl (C=O) groups is 5. The molecule has 9 heteroatoms. The quantitative estimate of drug-likeness (QED) is 0.386. The summed E-state index contributed by atoms with van der Waals surface area (Å²) in [6.07, 6.45) is 4.25.